The number of likely N-dealkylation sites (tertiary alicyclic amines) is 2. The zero-order chi connectivity index (χ0) is 20.9. The lowest BCUT2D eigenvalue weighted by atomic mass is 9.97. The molecule has 0 aliphatic carbocycles. The maximum Gasteiger partial charge on any atom is 0.169 e. The van der Waals surface area contributed by atoms with Crippen LogP contribution in [0.5, 0.6) is 0 Å². The molecule has 0 aromatic carbocycles. The molecular weight excluding hydrogens is 376 g/mol. The molecule has 2 aliphatic heterocycles. The average molecular weight is 409 g/mol. The van der Waals surface area contributed by atoms with Gasteiger partial charge >= 0.3 is 0 Å². The summed E-state index contributed by atoms with van der Waals surface area (Å²) in [6, 6.07) is 7.79. The lowest BCUT2D eigenvalue weighted by molar-refractivity contribution is -0.130. The minimum Gasteiger partial charge on any atom is -0.328 e. The number of hydrogen-bond donors (Lipinski definition) is 2. The second kappa shape index (κ2) is 9.75. The van der Waals surface area contributed by atoms with Gasteiger partial charge in [-0.25, -0.2) is 0 Å². The van der Waals surface area contributed by atoms with Crippen molar-refractivity contribution in [2.24, 2.45) is 11.5 Å². The van der Waals surface area contributed by atoms with Crippen molar-refractivity contribution < 1.29 is 4.79 Å². The van der Waals surface area contributed by atoms with Crippen LogP contribution in [0.1, 0.15) is 48.9 Å². The van der Waals surface area contributed by atoms with Crippen molar-refractivity contribution in [3.63, 3.8) is 0 Å². The van der Waals surface area contributed by atoms with E-state index < -0.39 is 0 Å². The van der Waals surface area contributed by atoms with Gasteiger partial charge in [0, 0.05) is 50.0 Å². The molecule has 30 heavy (non-hydrogen) atoms. The minimum atomic E-state index is -0.332. The maximum absolute atomic E-state index is 13.8. The van der Waals surface area contributed by atoms with Crippen LogP contribution in [0.3, 0.4) is 0 Å². The van der Waals surface area contributed by atoms with Crippen molar-refractivity contribution in [2.75, 3.05) is 26.2 Å². The SMILES string of the molecule is NCC(C(=O)C(CN)N1CCCC1c1cccnc1)N1CCCC1c1cccnc1. The molecule has 0 amide bonds. The van der Waals surface area contributed by atoms with E-state index in [4.69, 9.17) is 11.5 Å². The number of carbonyl (C=O) groups excluding carboxylic acids is 1. The first-order valence-electron chi connectivity index (χ1n) is 11.0. The number of Topliss-reactive ketones (excluding diaryl/α,β-unsaturated/α-hetero) is 1. The molecule has 0 bridgehead atoms. The molecule has 4 rings (SSSR count). The number of nitrogens with zero attached hydrogens (tertiary/aromatic N) is 4. The van der Waals surface area contributed by atoms with Gasteiger partial charge in [0.2, 0.25) is 0 Å². The van der Waals surface area contributed by atoms with Crippen molar-refractivity contribution in [1.82, 2.24) is 19.8 Å². The quantitative estimate of drug-likeness (QED) is 0.685. The Kier molecular flexibility index (Phi) is 6.84. The third kappa shape index (κ3) is 4.16. The van der Waals surface area contributed by atoms with Crippen LogP contribution in [-0.2, 0) is 4.79 Å². The molecule has 0 spiro atoms. The first-order chi connectivity index (χ1) is 14.7. The number of ketones is 1. The molecule has 4 N–H and O–H groups in total. The fraction of sp³-hybridized carbons (Fsp3) is 0.522. The van der Waals surface area contributed by atoms with E-state index in [9.17, 15) is 4.79 Å². The second-order valence-corrected chi connectivity index (χ2v) is 8.27. The predicted molar refractivity (Wildman–Crippen MR) is 117 cm³/mol. The summed E-state index contributed by atoms with van der Waals surface area (Å²) < 4.78 is 0. The van der Waals surface area contributed by atoms with Crippen molar-refractivity contribution in [3.05, 3.63) is 60.2 Å². The van der Waals surface area contributed by atoms with Crippen molar-refractivity contribution in [1.29, 1.82) is 0 Å². The number of carbonyl (C=O) groups is 1. The number of rotatable bonds is 8. The summed E-state index contributed by atoms with van der Waals surface area (Å²) in [6.07, 6.45) is 11.5. The fourth-order valence-corrected chi connectivity index (χ4v) is 5.24. The zero-order valence-electron chi connectivity index (χ0n) is 17.4. The van der Waals surface area contributed by atoms with Gasteiger partial charge < -0.3 is 11.5 Å². The average Bonchev–Trinajstić information content (AvgIpc) is 3.47. The highest BCUT2D eigenvalue weighted by molar-refractivity contribution is 5.89. The van der Waals surface area contributed by atoms with Crippen LogP contribution in [0.2, 0.25) is 0 Å². The summed E-state index contributed by atoms with van der Waals surface area (Å²) >= 11 is 0. The zero-order valence-corrected chi connectivity index (χ0v) is 17.4. The largest absolute Gasteiger partial charge is 0.328 e. The normalized spacial score (nSPS) is 24.7. The number of aromatic nitrogens is 2. The Bertz CT molecular complexity index is 749. The summed E-state index contributed by atoms with van der Waals surface area (Å²) in [5.41, 5.74) is 14.7. The molecule has 7 nitrogen and oxygen atoms in total. The van der Waals surface area contributed by atoms with Crippen molar-refractivity contribution in [3.8, 4) is 0 Å². The van der Waals surface area contributed by atoms with E-state index in [2.05, 4.69) is 31.9 Å². The van der Waals surface area contributed by atoms with Crippen LogP contribution in [-0.4, -0.2) is 63.8 Å². The van der Waals surface area contributed by atoms with E-state index in [1.54, 1.807) is 12.4 Å². The van der Waals surface area contributed by atoms with E-state index >= 15 is 0 Å². The van der Waals surface area contributed by atoms with Gasteiger partial charge in [-0.15, -0.1) is 0 Å². The van der Waals surface area contributed by atoms with Gasteiger partial charge in [0.15, 0.2) is 5.78 Å². The van der Waals surface area contributed by atoms with E-state index in [0.717, 1.165) is 49.9 Å². The molecule has 0 saturated carbocycles. The topological polar surface area (TPSA) is 101 Å². The summed E-state index contributed by atoms with van der Waals surface area (Å²) in [5, 5.41) is 0. The van der Waals surface area contributed by atoms with Gasteiger partial charge in [-0.3, -0.25) is 24.6 Å². The molecule has 4 heterocycles. The van der Waals surface area contributed by atoms with Crippen LogP contribution in [0.25, 0.3) is 0 Å². The molecule has 160 valence electrons. The van der Waals surface area contributed by atoms with Crippen LogP contribution < -0.4 is 11.5 Å². The monoisotopic (exact) mass is 408 g/mol. The fourth-order valence-electron chi connectivity index (χ4n) is 5.24. The Labute approximate surface area is 178 Å². The summed E-state index contributed by atoms with van der Waals surface area (Å²) in [6.45, 7) is 2.35. The van der Waals surface area contributed by atoms with Gasteiger partial charge in [-0.2, -0.15) is 0 Å². The standard InChI is InChI=1S/C23H32N6O/c24-13-21(28-11-3-7-19(28)17-5-1-9-26-15-17)23(30)22(14-25)29-12-4-8-20(29)18-6-2-10-27-16-18/h1-2,5-6,9-10,15-16,19-22H,3-4,7-8,11-14,24-25H2. The highest BCUT2D eigenvalue weighted by atomic mass is 16.1. The molecule has 2 fully saturated rings. The highest BCUT2D eigenvalue weighted by Gasteiger charge is 2.41. The van der Waals surface area contributed by atoms with Crippen molar-refractivity contribution in [2.45, 2.75) is 49.9 Å². The lowest BCUT2D eigenvalue weighted by Gasteiger charge is -2.37. The number of hydrogen-bond acceptors (Lipinski definition) is 7. The third-order valence-electron chi connectivity index (χ3n) is 6.63. The second-order valence-electron chi connectivity index (χ2n) is 8.27. The third-order valence-corrected chi connectivity index (χ3v) is 6.63. The van der Waals surface area contributed by atoms with E-state index in [1.807, 2.05) is 24.5 Å². The van der Waals surface area contributed by atoms with E-state index in [-0.39, 0.29) is 30.0 Å². The predicted octanol–water partition coefficient (Wildman–Crippen LogP) is 1.67. The molecule has 4 atom stereocenters. The summed E-state index contributed by atoms with van der Waals surface area (Å²) in [4.78, 5) is 26.9. The minimum absolute atomic E-state index is 0.145. The van der Waals surface area contributed by atoms with Gasteiger partial charge in [0.1, 0.15) is 0 Å². The van der Waals surface area contributed by atoms with Gasteiger partial charge in [-0.1, -0.05) is 12.1 Å². The smallest absolute Gasteiger partial charge is 0.169 e. The van der Waals surface area contributed by atoms with Crippen LogP contribution in [0.15, 0.2) is 49.1 Å². The Morgan fingerprint density at radius 3 is 1.73 bits per heavy atom. The van der Waals surface area contributed by atoms with Gasteiger partial charge in [0.05, 0.1) is 12.1 Å². The molecule has 2 aromatic rings. The van der Waals surface area contributed by atoms with Crippen LogP contribution in [0, 0.1) is 0 Å². The molecule has 7 heteroatoms. The summed E-state index contributed by atoms with van der Waals surface area (Å²) in [5.74, 6) is 0.145. The first-order valence-corrected chi connectivity index (χ1v) is 11.0. The van der Waals surface area contributed by atoms with Crippen molar-refractivity contribution >= 4 is 5.78 Å². The molecule has 2 aliphatic rings. The molecule has 2 saturated heterocycles. The van der Waals surface area contributed by atoms with Gasteiger partial charge in [-0.05, 0) is 62.0 Å². The number of nitrogens with two attached hydrogens (primary N) is 2. The Hall–Kier alpha value is -2.19. The van der Waals surface area contributed by atoms with E-state index in [1.165, 1.54) is 0 Å². The lowest BCUT2D eigenvalue weighted by Crippen LogP contribution is -2.56. The highest BCUT2D eigenvalue weighted by Crippen LogP contribution is 2.36. The van der Waals surface area contributed by atoms with Crippen LogP contribution in [0.4, 0.5) is 0 Å². The Morgan fingerprint density at radius 1 is 0.900 bits per heavy atom. The van der Waals surface area contributed by atoms with Crippen LogP contribution >= 0.6 is 0 Å². The van der Waals surface area contributed by atoms with Gasteiger partial charge in [0.25, 0.3) is 0 Å². The maximum atomic E-state index is 13.8. The molecular formula is C23H32N6O. The first kappa shape index (κ1) is 21.1. The molecule has 0 radical (unpaired) electrons. The molecule has 2 aromatic heterocycles. The Morgan fingerprint density at radius 2 is 1.37 bits per heavy atom. The Balaban J connectivity index is 1.56. The van der Waals surface area contributed by atoms with E-state index in [0.29, 0.717) is 13.1 Å². The number of pyridine rings is 2. The summed E-state index contributed by atoms with van der Waals surface area (Å²) in [7, 11) is 0. The molecule has 4 unspecified atom stereocenters.